The monoisotopic (exact) mass is 512 g/mol. The normalized spacial score (nSPS) is 12.5. The number of primary amides is 1. The highest BCUT2D eigenvalue weighted by Crippen LogP contribution is 2.24. The summed E-state index contributed by atoms with van der Waals surface area (Å²) in [5, 5.41) is 20.9. The molecule has 2 aromatic carbocycles. The predicted molar refractivity (Wildman–Crippen MR) is 121 cm³/mol. The Morgan fingerprint density at radius 1 is 1.09 bits per heavy atom. The molecule has 0 aliphatic carbocycles. The van der Waals surface area contributed by atoms with Crippen molar-refractivity contribution in [3.63, 3.8) is 0 Å². The molecule has 0 heterocycles. The minimum Gasteiger partial charge on any atom is -0.457 e. The van der Waals surface area contributed by atoms with E-state index < -0.39 is 38.3 Å². The summed E-state index contributed by atoms with van der Waals surface area (Å²) >= 11 is 0. The van der Waals surface area contributed by atoms with Crippen LogP contribution in [0.4, 0.5) is 9.18 Å². The highest BCUT2D eigenvalue weighted by atomic mass is 32.2. The molecule has 3 amide bonds. The van der Waals surface area contributed by atoms with Crippen LogP contribution in [0.15, 0.2) is 58.4 Å². The van der Waals surface area contributed by atoms with E-state index in [2.05, 4.69) is 4.99 Å². The molecular formula is C20H25FN6O7S. The highest BCUT2D eigenvalue weighted by molar-refractivity contribution is 7.89. The number of carbonyl (C=O) groups excluding carboxylic acids is 2. The Balaban J connectivity index is 1.91. The van der Waals surface area contributed by atoms with Crippen molar-refractivity contribution in [3.8, 4) is 11.5 Å². The lowest BCUT2D eigenvalue weighted by Crippen LogP contribution is -2.44. The molecular weight excluding hydrogens is 487 g/mol. The Kier molecular flexibility index (Phi) is 9.89. The van der Waals surface area contributed by atoms with Gasteiger partial charge in [0.25, 0.3) is 15.9 Å². The van der Waals surface area contributed by atoms with Gasteiger partial charge in [0, 0.05) is 6.54 Å². The largest absolute Gasteiger partial charge is 0.457 e. The van der Waals surface area contributed by atoms with Crippen LogP contribution < -0.4 is 27.0 Å². The van der Waals surface area contributed by atoms with E-state index >= 15 is 0 Å². The Morgan fingerprint density at radius 3 is 2.20 bits per heavy atom. The van der Waals surface area contributed by atoms with Gasteiger partial charge in [0.2, 0.25) is 5.96 Å². The maximum atomic E-state index is 13.0. The number of nitrogens with zero attached hydrogens (tertiary/aromatic N) is 2. The second kappa shape index (κ2) is 12.6. The Labute approximate surface area is 200 Å². The standard InChI is InChI=1S/C20H25FN6O7S/c21-13-4-6-14(7-5-13)34-15-8-10-16(11-9-15)35(32,33)27(31)18(28)17(22)3-1-2-12-24-20(26-30)25-19(23)29/h4-11,17,30-31H,1-3,12,22H2,(H4,23,24,25,26,29)/t17-/m1/s1. The lowest BCUT2D eigenvalue weighted by molar-refractivity contribution is -0.147. The number of hydrogen-bond acceptors (Lipinski definition) is 9. The number of urea groups is 1. The summed E-state index contributed by atoms with van der Waals surface area (Å²) in [6.45, 7) is 0.123. The van der Waals surface area contributed by atoms with E-state index in [9.17, 15) is 27.6 Å². The molecule has 0 unspecified atom stereocenters. The highest BCUT2D eigenvalue weighted by Gasteiger charge is 2.31. The summed E-state index contributed by atoms with van der Waals surface area (Å²) in [5.74, 6) is -1.36. The average molecular weight is 513 g/mol. The van der Waals surface area contributed by atoms with Crippen molar-refractivity contribution in [2.45, 2.75) is 30.2 Å². The number of amides is 3. The lowest BCUT2D eigenvalue weighted by atomic mass is 10.1. The molecule has 0 spiro atoms. The van der Waals surface area contributed by atoms with Crippen LogP contribution >= 0.6 is 0 Å². The third-order valence-corrected chi connectivity index (χ3v) is 5.95. The van der Waals surface area contributed by atoms with Crippen LogP contribution in [0.5, 0.6) is 11.5 Å². The second-order valence-corrected chi connectivity index (χ2v) is 8.81. The molecule has 15 heteroatoms. The van der Waals surface area contributed by atoms with E-state index in [1.807, 2.05) is 5.32 Å². The van der Waals surface area contributed by atoms with Crippen LogP contribution in [0.25, 0.3) is 0 Å². The number of nitrogens with one attached hydrogen (secondary N) is 2. The number of ether oxygens (including phenoxy) is 1. The van der Waals surface area contributed by atoms with E-state index in [0.717, 1.165) is 12.1 Å². The number of unbranched alkanes of at least 4 members (excludes halogenated alkanes) is 1. The van der Waals surface area contributed by atoms with Gasteiger partial charge in [-0.05, 0) is 67.8 Å². The van der Waals surface area contributed by atoms with Crippen LogP contribution in [0.2, 0.25) is 0 Å². The minimum absolute atomic E-state index is 0.0243. The van der Waals surface area contributed by atoms with Crippen molar-refractivity contribution in [2.24, 2.45) is 16.5 Å². The fourth-order valence-corrected chi connectivity index (χ4v) is 3.74. The molecule has 13 nitrogen and oxygen atoms in total. The van der Waals surface area contributed by atoms with Gasteiger partial charge in [0.05, 0.1) is 10.9 Å². The molecule has 190 valence electrons. The average Bonchev–Trinajstić information content (AvgIpc) is 2.83. The fourth-order valence-electron chi connectivity index (χ4n) is 2.69. The van der Waals surface area contributed by atoms with Crippen molar-refractivity contribution in [1.82, 2.24) is 15.3 Å². The number of rotatable bonds is 10. The van der Waals surface area contributed by atoms with Crippen molar-refractivity contribution in [2.75, 3.05) is 6.54 Å². The summed E-state index contributed by atoms with van der Waals surface area (Å²) < 4.78 is 43.2. The molecule has 0 aliphatic rings. The zero-order valence-electron chi connectivity index (χ0n) is 18.3. The molecule has 2 rings (SSSR count). The number of nitrogens with two attached hydrogens (primary N) is 2. The molecule has 1 atom stereocenters. The molecule has 35 heavy (non-hydrogen) atoms. The molecule has 0 bridgehead atoms. The topological polar surface area (TPSA) is 210 Å². The number of halogens is 1. The maximum absolute atomic E-state index is 13.0. The van der Waals surface area contributed by atoms with E-state index in [1.165, 1.54) is 36.4 Å². The van der Waals surface area contributed by atoms with E-state index in [1.54, 1.807) is 5.48 Å². The third-order valence-electron chi connectivity index (χ3n) is 4.44. The first-order valence-electron chi connectivity index (χ1n) is 10.1. The first kappa shape index (κ1) is 27.5. The molecule has 0 aromatic heterocycles. The molecule has 0 fully saturated rings. The number of aliphatic imine (C=N–C) groups is 1. The molecule has 8 N–H and O–H groups in total. The third kappa shape index (κ3) is 8.18. The van der Waals surface area contributed by atoms with Crippen LogP contribution in [0, 0.1) is 5.82 Å². The van der Waals surface area contributed by atoms with Gasteiger partial charge in [-0.25, -0.2) is 14.7 Å². The van der Waals surface area contributed by atoms with E-state index in [-0.39, 0.29) is 29.6 Å². The molecule has 2 aromatic rings. The van der Waals surface area contributed by atoms with E-state index in [4.69, 9.17) is 21.4 Å². The number of sulfonamides is 1. The van der Waals surface area contributed by atoms with Crippen LogP contribution in [0.1, 0.15) is 19.3 Å². The van der Waals surface area contributed by atoms with Gasteiger partial charge < -0.3 is 16.2 Å². The van der Waals surface area contributed by atoms with E-state index in [0.29, 0.717) is 18.6 Å². The maximum Gasteiger partial charge on any atom is 0.318 e. The van der Waals surface area contributed by atoms with Gasteiger partial charge in [-0.2, -0.15) is 8.42 Å². The van der Waals surface area contributed by atoms with Gasteiger partial charge in [-0.3, -0.25) is 25.5 Å². The quantitative estimate of drug-likeness (QED) is 0.0881. The molecule has 0 aliphatic heterocycles. The molecule has 0 radical (unpaired) electrons. The first-order chi connectivity index (χ1) is 16.5. The van der Waals surface area contributed by atoms with Gasteiger partial charge in [0.15, 0.2) is 0 Å². The Bertz CT molecular complexity index is 1140. The van der Waals surface area contributed by atoms with Crippen LogP contribution in [-0.4, -0.2) is 53.8 Å². The van der Waals surface area contributed by atoms with Gasteiger partial charge in [0.1, 0.15) is 17.3 Å². The van der Waals surface area contributed by atoms with Gasteiger partial charge >= 0.3 is 6.03 Å². The zero-order chi connectivity index (χ0) is 26.0. The summed E-state index contributed by atoms with van der Waals surface area (Å²) in [4.78, 5) is 26.5. The zero-order valence-corrected chi connectivity index (χ0v) is 19.1. The minimum atomic E-state index is -4.60. The van der Waals surface area contributed by atoms with Crippen LogP contribution in [0.3, 0.4) is 0 Å². The van der Waals surface area contributed by atoms with Gasteiger partial charge in [-0.1, -0.05) is 0 Å². The summed E-state index contributed by atoms with van der Waals surface area (Å²) in [7, 11) is -4.60. The van der Waals surface area contributed by atoms with Crippen molar-refractivity contribution in [1.29, 1.82) is 0 Å². The number of guanidine groups is 1. The smallest absolute Gasteiger partial charge is 0.318 e. The SMILES string of the molecule is NC(=O)NC(=NCCCC[C@@H](N)C(=O)N(O)S(=O)(=O)c1ccc(Oc2ccc(F)cc2)cc1)NO. The number of hydrogen-bond donors (Lipinski definition) is 6. The Hall–Kier alpha value is -3.79. The molecule has 0 saturated heterocycles. The van der Waals surface area contributed by atoms with Crippen molar-refractivity contribution < 1.29 is 37.5 Å². The number of benzene rings is 2. The summed E-state index contributed by atoms with van der Waals surface area (Å²) in [6, 6.07) is 7.79. The number of hydroxylamine groups is 2. The Morgan fingerprint density at radius 2 is 1.66 bits per heavy atom. The predicted octanol–water partition coefficient (Wildman–Crippen LogP) is 1.03. The molecule has 0 saturated carbocycles. The first-order valence-corrected chi connectivity index (χ1v) is 11.6. The number of carbonyl (C=O) groups is 2. The van der Waals surface area contributed by atoms with Crippen LogP contribution in [-0.2, 0) is 14.8 Å². The fraction of sp³-hybridized carbons (Fsp3) is 0.250. The van der Waals surface area contributed by atoms with Gasteiger partial charge in [-0.15, -0.1) is 4.47 Å². The van der Waals surface area contributed by atoms with Crippen molar-refractivity contribution >= 4 is 27.9 Å². The summed E-state index contributed by atoms with van der Waals surface area (Å²) in [5.41, 5.74) is 12.3. The lowest BCUT2D eigenvalue weighted by Gasteiger charge is -2.19. The summed E-state index contributed by atoms with van der Waals surface area (Å²) in [6.07, 6.45) is 0.700. The second-order valence-electron chi connectivity index (χ2n) is 7.05. The van der Waals surface area contributed by atoms with Crippen molar-refractivity contribution in [3.05, 3.63) is 54.3 Å².